The van der Waals surface area contributed by atoms with Gasteiger partial charge in [0, 0.05) is 13.1 Å². The van der Waals surface area contributed by atoms with E-state index in [1.807, 2.05) is 0 Å². The first-order valence-electron chi connectivity index (χ1n) is 5.42. The molecule has 0 saturated carbocycles. The number of urea groups is 1. The standard InChI is InChI=1S/C11H18N2O5/c1-4-13(6-7(2)3)11(18)12-8(10(16)17)5-9(14)15/h8H,2,4-6H2,1,3H3,(H,12,18)(H,14,15)(H,16,17). The van der Waals surface area contributed by atoms with Crippen molar-refractivity contribution in [2.75, 3.05) is 13.1 Å². The Bertz CT molecular complexity index is 353. The van der Waals surface area contributed by atoms with Gasteiger partial charge in [0.1, 0.15) is 6.04 Å². The molecule has 0 spiro atoms. The van der Waals surface area contributed by atoms with Crippen molar-refractivity contribution in [2.24, 2.45) is 0 Å². The quantitative estimate of drug-likeness (QED) is 0.577. The lowest BCUT2D eigenvalue weighted by molar-refractivity contribution is -0.145. The van der Waals surface area contributed by atoms with Gasteiger partial charge in [-0.1, -0.05) is 12.2 Å². The summed E-state index contributed by atoms with van der Waals surface area (Å²) in [5.41, 5.74) is 0.747. The molecule has 0 aliphatic carbocycles. The summed E-state index contributed by atoms with van der Waals surface area (Å²) in [6, 6.07) is -2.05. The number of hydrogen-bond donors (Lipinski definition) is 3. The molecule has 0 rings (SSSR count). The molecule has 0 heterocycles. The Hall–Kier alpha value is -2.05. The number of likely N-dealkylation sites (N-methyl/N-ethyl adjacent to an activating group) is 1. The lowest BCUT2D eigenvalue weighted by Gasteiger charge is -2.23. The molecule has 0 aliphatic heterocycles. The van der Waals surface area contributed by atoms with E-state index in [-0.39, 0.29) is 0 Å². The van der Waals surface area contributed by atoms with Crippen molar-refractivity contribution in [2.45, 2.75) is 26.3 Å². The normalized spacial score (nSPS) is 11.4. The smallest absolute Gasteiger partial charge is 0.326 e. The van der Waals surface area contributed by atoms with Gasteiger partial charge in [-0.2, -0.15) is 0 Å². The molecular weight excluding hydrogens is 240 g/mol. The molecule has 2 amide bonds. The fourth-order valence-electron chi connectivity index (χ4n) is 1.27. The minimum atomic E-state index is -1.44. The van der Waals surface area contributed by atoms with Crippen LogP contribution in [0, 0.1) is 0 Å². The van der Waals surface area contributed by atoms with Crippen molar-refractivity contribution in [1.29, 1.82) is 0 Å². The third-order valence-electron chi connectivity index (χ3n) is 2.10. The average Bonchev–Trinajstić information content (AvgIpc) is 2.23. The van der Waals surface area contributed by atoms with Crippen LogP contribution >= 0.6 is 0 Å². The second-order valence-corrected chi connectivity index (χ2v) is 3.91. The molecule has 0 fully saturated rings. The van der Waals surface area contributed by atoms with Crippen molar-refractivity contribution in [3.8, 4) is 0 Å². The number of hydrogen-bond acceptors (Lipinski definition) is 3. The Morgan fingerprint density at radius 1 is 1.33 bits per heavy atom. The fourth-order valence-corrected chi connectivity index (χ4v) is 1.27. The molecule has 7 nitrogen and oxygen atoms in total. The van der Waals surface area contributed by atoms with Crippen LogP contribution in [0.5, 0.6) is 0 Å². The van der Waals surface area contributed by atoms with E-state index >= 15 is 0 Å². The van der Waals surface area contributed by atoms with Gasteiger partial charge in [-0.3, -0.25) is 4.79 Å². The van der Waals surface area contributed by atoms with Gasteiger partial charge in [-0.15, -0.1) is 0 Å². The zero-order valence-corrected chi connectivity index (χ0v) is 10.5. The zero-order chi connectivity index (χ0) is 14.3. The molecule has 0 radical (unpaired) electrons. The second-order valence-electron chi connectivity index (χ2n) is 3.91. The Morgan fingerprint density at radius 3 is 2.22 bits per heavy atom. The number of aliphatic carboxylic acids is 2. The number of carbonyl (C=O) groups excluding carboxylic acids is 1. The molecule has 0 bridgehead atoms. The lowest BCUT2D eigenvalue weighted by Crippen LogP contribution is -2.49. The van der Waals surface area contributed by atoms with Gasteiger partial charge in [0.05, 0.1) is 6.42 Å². The summed E-state index contributed by atoms with van der Waals surface area (Å²) in [6.07, 6.45) is -0.661. The second kappa shape index (κ2) is 7.31. The summed E-state index contributed by atoms with van der Waals surface area (Å²) >= 11 is 0. The van der Waals surface area contributed by atoms with Gasteiger partial charge >= 0.3 is 18.0 Å². The molecule has 102 valence electrons. The van der Waals surface area contributed by atoms with Crippen LogP contribution in [0.3, 0.4) is 0 Å². The van der Waals surface area contributed by atoms with Crippen molar-refractivity contribution in [3.05, 3.63) is 12.2 Å². The van der Waals surface area contributed by atoms with Crippen molar-refractivity contribution in [3.63, 3.8) is 0 Å². The zero-order valence-electron chi connectivity index (χ0n) is 10.5. The van der Waals surface area contributed by atoms with Crippen LogP contribution in [0.4, 0.5) is 4.79 Å². The summed E-state index contributed by atoms with van der Waals surface area (Å²) in [5.74, 6) is -2.66. The van der Waals surface area contributed by atoms with Crippen molar-refractivity contribution >= 4 is 18.0 Å². The van der Waals surface area contributed by atoms with E-state index in [0.717, 1.165) is 5.57 Å². The maximum atomic E-state index is 11.7. The molecule has 1 unspecified atom stereocenters. The Kier molecular flexibility index (Phi) is 6.48. The molecule has 0 aromatic carbocycles. The molecule has 3 N–H and O–H groups in total. The highest BCUT2D eigenvalue weighted by Crippen LogP contribution is 1.99. The molecule has 0 saturated heterocycles. The Balaban J connectivity index is 4.60. The summed E-state index contributed by atoms with van der Waals surface area (Å²) in [4.78, 5) is 34.3. The molecule has 0 aromatic heterocycles. The van der Waals surface area contributed by atoms with Crippen molar-refractivity contribution in [1.82, 2.24) is 10.2 Å². The largest absolute Gasteiger partial charge is 0.481 e. The molecule has 18 heavy (non-hydrogen) atoms. The number of nitrogens with one attached hydrogen (secondary N) is 1. The predicted octanol–water partition coefficient (Wildman–Crippen LogP) is 0.522. The SMILES string of the molecule is C=C(C)CN(CC)C(=O)NC(CC(=O)O)C(=O)O. The van der Waals surface area contributed by atoms with Crippen molar-refractivity contribution < 1.29 is 24.6 Å². The van der Waals surface area contributed by atoms with Gasteiger partial charge in [-0.25, -0.2) is 9.59 Å². The maximum Gasteiger partial charge on any atom is 0.326 e. The van der Waals surface area contributed by atoms with E-state index in [9.17, 15) is 14.4 Å². The van der Waals surface area contributed by atoms with E-state index < -0.39 is 30.4 Å². The number of carboxylic acid groups (broad SMARTS) is 2. The van der Waals surface area contributed by atoms with Crippen LogP contribution in [0.25, 0.3) is 0 Å². The van der Waals surface area contributed by atoms with E-state index in [0.29, 0.717) is 13.1 Å². The number of carboxylic acids is 2. The highest BCUT2D eigenvalue weighted by atomic mass is 16.4. The van der Waals surface area contributed by atoms with Gasteiger partial charge in [0.25, 0.3) is 0 Å². The van der Waals surface area contributed by atoms with Crippen LogP contribution in [0.15, 0.2) is 12.2 Å². The van der Waals surface area contributed by atoms with Gasteiger partial charge < -0.3 is 20.4 Å². The number of amides is 2. The third-order valence-corrected chi connectivity index (χ3v) is 2.10. The Morgan fingerprint density at radius 2 is 1.89 bits per heavy atom. The monoisotopic (exact) mass is 258 g/mol. The highest BCUT2D eigenvalue weighted by Gasteiger charge is 2.24. The van der Waals surface area contributed by atoms with Gasteiger partial charge in [0.2, 0.25) is 0 Å². The lowest BCUT2D eigenvalue weighted by atomic mass is 10.2. The van der Waals surface area contributed by atoms with Crippen LogP contribution < -0.4 is 5.32 Å². The van der Waals surface area contributed by atoms with E-state index in [2.05, 4.69) is 11.9 Å². The molecule has 0 aliphatic rings. The van der Waals surface area contributed by atoms with Gasteiger partial charge in [0.15, 0.2) is 0 Å². The topological polar surface area (TPSA) is 107 Å². The van der Waals surface area contributed by atoms with E-state index in [1.54, 1.807) is 13.8 Å². The summed E-state index contributed by atoms with van der Waals surface area (Å²) < 4.78 is 0. The molecule has 1 atom stereocenters. The van der Waals surface area contributed by atoms with Gasteiger partial charge in [-0.05, 0) is 13.8 Å². The number of rotatable bonds is 7. The molecule has 7 heteroatoms. The first-order valence-corrected chi connectivity index (χ1v) is 5.42. The fraction of sp³-hybridized carbons (Fsp3) is 0.545. The summed E-state index contributed by atoms with van der Waals surface area (Å²) in [5, 5.41) is 19.5. The Labute approximate surface area is 105 Å². The molecular formula is C11H18N2O5. The van der Waals surface area contributed by atoms with Crippen LogP contribution in [0.1, 0.15) is 20.3 Å². The van der Waals surface area contributed by atoms with Crippen LogP contribution in [-0.4, -0.2) is 52.2 Å². The number of carbonyl (C=O) groups is 3. The highest BCUT2D eigenvalue weighted by molar-refractivity contribution is 5.86. The number of nitrogens with zero attached hydrogens (tertiary/aromatic N) is 1. The minimum Gasteiger partial charge on any atom is -0.481 e. The van der Waals surface area contributed by atoms with E-state index in [4.69, 9.17) is 10.2 Å². The van der Waals surface area contributed by atoms with E-state index in [1.165, 1.54) is 4.90 Å². The first-order chi connectivity index (χ1) is 8.27. The molecule has 0 aromatic rings. The maximum absolute atomic E-state index is 11.7. The summed E-state index contributed by atoms with van der Waals surface area (Å²) in [7, 11) is 0. The first kappa shape index (κ1) is 16.0. The predicted molar refractivity (Wildman–Crippen MR) is 64.3 cm³/mol. The van der Waals surface area contributed by atoms with Crippen LogP contribution in [-0.2, 0) is 9.59 Å². The van der Waals surface area contributed by atoms with Crippen LogP contribution in [0.2, 0.25) is 0 Å². The average molecular weight is 258 g/mol. The third kappa shape index (κ3) is 5.88. The minimum absolute atomic E-state index is 0.293. The summed E-state index contributed by atoms with van der Waals surface area (Å²) in [6.45, 7) is 7.79.